The number of aliphatic carboxylic acids is 1. The van der Waals surface area contributed by atoms with Crippen molar-refractivity contribution in [1.82, 2.24) is 0 Å². The zero-order chi connectivity index (χ0) is 22.3. The quantitative estimate of drug-likeness (QED) is 0.375. The molecule has 0 aliphatic heterocycles. The number of hydrogen-bond donors (Lipinski definition) is 1. The zero-order valence-electron chi connectivity index (χ0n) is 12.7. The van der Waals surface area contributed by atoms with Crippen LogP contribution in [-0.2, 0) is 25.4 Å². The molecule has 1 rings (SSSR count). The Morgan fingerprint density at radius 3 is 2.04 bits per heavy atom. The lowest BCUT2D eigenvalue weighted by molar-refractivity contribution is -0.388. The molecular weight excluding hydrogens is 455 g/mol. The van der Waals surface area contributed by atoms with Gasteiger partial charge in [-0.15, -0.1) is 0 Å². The molecule has 8 nitrogen and oxygen atoms in total. The summed E-state index contributed by atoms with van der Waals surface area (Å²) in [6, 6.07) is -0.0468. The molecule has 0 bridgehead atoms. The maximum absolute atomic E-state index is 13.5. The number of nitrogens with zero attached hydrogens (tertiary/aromatic N) is 1. The fourth-order valence-electron chi connectivity index (χ4n) is 1.69. The Morgan fingerprint density at radius 2 is 1.64 bits per heavy atom. The Labute approximate surface area is 152 Å². The third-order valence-electron chi connectivity index (χ3n) is 2.94. The van der Waals surface area contributed by atoms with Crippen molar-refractivity contribution in [3.05, 3.63) is 28.3 Å². The molecular formula is C11H6F7NO7S2. The normalized spacial score (nSPS) is 14.5. The average molecular weight is 461 g/mol. The number of nitro groups is 1. The molecule has 1 atom stereocenters. The predicted octanol–water partition coefficient (Wildman–Crippen LogP) is 2.35. The van der Waals surface area contributed by atoms with E-state index in [-0.39, 0.29) is 18.2 Å². The summed E-state index contributed by atoms with van der Waals surface area (Å²) < 4.78 is 124. The van der Waals surface area contributed by atoms with Gasteiger partial charge in [-0.05, 0) is 12.1 Å². The second-order valence-electron chi connectivity index (χ2n) is 4.90. The van der Waals surface area contributed by atoms with Gasteiger partial charge >= 0.3 is 23.3 Å². The Hall–Kier alpha value is -2.30. The highest BCUT2D eigenvalue weighted by molar-refractivity contribution is 7.92. The van der Waals surface area contributed by atoms with Gasteiger partial charge in [-0.2, -0.15) is 30.7 Å². The van der Waals surface area contributed by atoms with Crippen LogP contribution in [0.1, 0.15) is 0 Å². The summed E-state index contributed by atoms with van der Waals surface area (Å²) in [5, 5.41) is 13.1. The molecule has 0 aliphatic carbocycles. The van der Waals surface area contributed by atoms with Crippen molar-refractivity contribution < 1.29 is 58.2 Å². The van der Waals surface area contributed by atoms with Gasteiger partial charge < -0.3 is 5.11 Å². The van der Waals surface area contributed by atoms with E-state index in [1.165, 1.54) is 0 Å². The molecule has 0 saturated heterocycles. The summed E-state index contributed by atoms with van der Waals surface area (Å²) in [6.07, 6.45) is -6.82. The summed E-state index contributed by atoms with van der Waals surface area (Å²) in [6.45, 7) is 0. The Bertz CT molecular complexity index is 943. The van der Waals surface area contributed by atoms with Crippen LogP contribution in [0.5, 0.6) is 0 Å². The summed E-state index contributed by atoms with van der Waals surface area (Å²) in [5.41, 5.74) is -1.64. The maximum atomic E-state index is 13.5. The van der Waals surface area contributed by atoms with Gasteiger partial charge in [0.1, 0.15) is 15.7 Å². The Balaban J connectivity index is 3.58. The summed E-state index contributed by atoms with van der Waals surface area (Å²) >= 11 is 0. The molecule has 1 aromatic carbocycles. The second-order valence-corrected chi connectivity index (χ2v) is 8.38. The molecule has 28 heavy (non-hydrogen) atoms. The standard InChI is InChI=1S/C11H6F7NO7S2/c12-9(13,10(14,15)16)11(17,18)27(24)5-1-2-7(6(3-5)19(22)23)28(25,26)4-8(20)21/h1-3H,4H2,(H,20,21). The molecule has 1 aromatic rings. The molecule has 1 unspecified atom stereocenters. The number of carbonyl (C=O) groups is 1. The van der Waals surface area contributed by atoms with E-state index in [1.54, 1.807) is 0 Å². The van der Waals surface area contributed by atoms with Gasteiger partial charge in [0.15, 0.2) is 15.6 Å². The first-order valence-electron chi connectivity index (χ1n) is 6.33. The van der Waals surface area contributed by atoms with Gasteiger partial charge in [-0.1, -0.05) is 0 Å². The van der Waals surface area contributed by atoms with E-state index in [4.69, 9.17) is 5.11 Å². The fourth-order valence-corrected chi connectivity index (χ4v) is 3.95. The van der Waals surface area contributed by atoms with E-state index in [0.717, 1.165) is 0 Å². The minimum Gasteiger partial charge on any atom is -0.480 e. The van der Waals surface area contributed by atoms with Crippen molar-refractivity contribution in [3.8, 4) is 0 Å². The van der Waals surface area contributed by atoms with Gasteiger partial charge in [0.2, 0.25) is 0 Å². The van der Waals surface area contributed by atoms with E-state index < -0.39 is 70.1 Å². The molecule has 0 aromatic heterocycles. The number of hydrogen-bond acceptors (Lipinski definition) is 6. The van der Waals surface area contributed by atoms with Crippen molar-refractivity contribution in [2.75, 3.05) is 5.75 Å². The van der Waals surface area contributed by atoms with Gasteiger partial charge in [0, 0.05) is 6.07 Å². The van der Waals surface area contributed by atoms with Crippen LogP contribution in [0, 0.1) is 10.1 Å². The number of sulfone groups is 1. The maximum Gasteiger partial charge on any atom is 0.461 e. The Kier molecular flexibility index (Phi) is 6.16. The minimum atomic E-state index is -6.82. The van der Waals surface area contributed by atoms with Crippen LogP contribution in [0.2, 0.25) is 0 Å². The Morgan fingerprint density at radius 1 is 1.14 bits per heavy atom. The largest absolute Gasteiger partial charge is 0.480 e. The van der Waals surface area contributed by atoms with E-state index in [1.807, 2.05) is 0 Å². The van der Waals surface area contributed by atoms with Gasteiger partial charge in [-0.3, -0.25) is 14.9 Å². The molecule has 0 saturated carbocycles. The number of rotatable bonds is 7. The van der Waals surface area contributed by atoms with Crippen LogP contribution in [0.3, 0.4) is 0 Å². The molecule has 0 radical (unpaired) electrons. The lowest BCUT2D eigenvalue weighted by atomic mass is 10.3. The molecule has 0 amide bonds. The zero-order valence-corrected chi connectivity index (χ0v) is 14.4. The van der Waals surface area contributed by atoms with Crippen LogP contribution >= 0.6 is 0 Å². The first kappa shape index (κ1) is 23.7. The van der Waals surface area contributed by atoms with Gasteiger partial charge in [0.25, 0.3) is 5.69 Å². The topological polar surface area (TPSA) is 132 Å². The fraction of sp³-hybridized carbons (Fsp3) is 0.364. The lowest BCUT2D eigenvalue weighted by Crippen LogP contribution is -2.54. The van der Waals surface area contributed by atoms with Gasteiger partial charge in [0.05, 0.1) is 9.82 Å². The molecule has 0 fully saturated rings. The van der Waals surface area contributed by atoms with Crippen LogP contribution < -0.4 is 0 Å². The second kappa shape index (κ2) is 7.26. The predicted molar refractivity (Wildman–Crippen MR) is 75.1 cm³/mol. The number of halogens is 7. The highest BCUT2D eigenvalue weighted by atomic mass is 32.2. The van der Waals surface area contributed by atoms with Crippen LogP contribution in [0.25, 0.3) is 0 Å². The summed E-state index contributed by atoms with van der Waals surface area (Å²) in [7, 11) is -9.42. The van der Waals surface area contributed by atoms with Crippen LogP contribution in [-0.4, -0.2) is 51.7 Å². The number of nitro benzene ring substituents is 1. The highest BCUT2D eigenvalue weighted by Crippen LogP contribution is 2.49. The average Bonchev–Trinajstić information content (AvgIpc) is 2.50. The van der Waals surface area contributed by atoms with E-state index in [2.05, 4.69) is 0 Å². The first-order chi connectivity index (χ1) is 12.4. The molecule has 17 heteroatoms. The van der Waals surface area contributed by atoms with Gasteiger partial charge in [-0.25, -0.2) is 12.6 Å². The number of benzene rings is 1. The molecule has 0 aliphatic rings. The van der Waals surface area contributed by atoms with E-state index in [0.29, 0.717) is 0 Å². The molecule has 1 N–H and O–H groups in total. The van der Waals surface area contributed by atoms with Crippen molar-refractivity contribution >= 4 is 32.3 Å². The third-order valence-corrected chi connectivity index (χ3v) is 5.99. The number of carboxylic acid groups (broad SMARTS) is 1. The minimum absolute atomic E-state index is 0.0677. The van der Waals surface area contributed by atoms with Crippen molar-refractivity contribution in [1.29, 1.82) is 0 Å². The molecule has 0 heterocycles. The van der Waals surface area contributed by atoms with Crippen LogP contribution in [0.4, 0.5) is 36.4 Å². The van der Waals surface area contributed by atoms with E-state index >= 15 is 0 Å². The smallest absolute Gasteiger partial charge is 0.461 e. The summed E-state index contributed by atoms with van der Waals surface area (Å²) in [4.78, 5) is 16.9. The lowest BCUT2D eigenvalue weighted by Gasteiger charge is -2.27. The SMILES string of the molecule is O=C(O)CS(=O)(=O)c1ccc(S(=O)C(F)(F)C(F)(F)C(F)(F)F)cc1[N+](=O)[O-]. The monoisotopic (exact) mass is 461 g/mol. The van der Waals surface area contributed by atoms with E-state index in [9.17, 15) is 58.3 Å². The molecule has 158 valence electrons. The number of alkyl halides is 7. The molecule has 0 spiro atoms. The number of carboxylic acids is 1. The van der Waals surface area contributed by atoms with Crippen molar-refractivity contribution in [2.45, 2.75) is 27.1 Å². The third kappa shape index (κ3) is 4.23. The van der Waals surface area contributed by atoms with Crippen molar-refractivity contribution in [2.24, 2.45) is 0 Å². The highest BCUT2D eigenvalue weighted by Gasteiger charge is 2.76. The van der Waals surface area contributed by atoms with Crippen molar-refractivity contribution in [3.63, 3.8) is 0 Å². The summed E-state index contributed by atoms with van der Waals surface area (Å²) in [5.74, 6) is -10.4. The van der Waals surface area contributed by atoms with Crippen LogP contribution in [0.15, 0.2) is 28.0 Å². The first-order valence-corrected chi connectivity index (χ1v) is 9.13.